The van der Waals surface area contributed by atoms with Gasteiger partial charge in [0.1, 0.15) is 6.04 Å². The smallest absolute Gasteiger partial charge is 0.245 e. The van der Waals surface area contributed by atoms with Gasteiger partial charge in [-0.25, -0.2) is 9.50 Å². The highest BCUT2D eigenvalue weighted by atomic mass is 32.2. The molecule has 6 nitrogen and oxygen atoms in total. The number of rotatable bonds is 2. The Morgan fingerprint density at radius 1 is 1.32 bits per heavy atom. The van der Waals surface area contributed by atoms with Crippen LogP contribution in [0.25, 0.3) is 4.96 Å². The highest BCUT2D eigenvalue weighted by molar-refractivity contribution is 7.99. The number of carbonyl (C=O) groups excluding carboxylic acids is 1. The van der Waals surface area contributed by atoms with Gasteiger partial charge in [0.15, 0.2) is 0 Å². The van der Waals surface area contributed by atoms with Crippen LogP contribution in [0.1, 0.15) is 18.5 Å². The third-order valence-corrected chi connectivity index (χ3v) is 6.16. The predicted molar refractivity (Wildman–Crippen MR) is 89.9 cm³/mol. The average Bonchev–Trinajstić information content (AvgIpc) is 3.20. The first kappa shape index (κ1) is 14.3. The van der Waals surface area contributed by atoms with Gasteiger partial charge < -0.3 is 9.80 Å². The molecule has 0 saturated carbocycles. The van der Waals surface area contributed by atoms with Gasteiger partial charge in [-0.3, -0.25) is 4.79 Å². The molecule has 22 heavy (non-hydrogen) atoms. The van der Waals surface area contributed by atoms with Crippen LogP contribution in [0.2, 0.25) is 0 Å². The van der Waals surface area contributed by atoms with E-state index in [1.165, 1.54) is 0 Å². The molecule has 2 aliphatic rings. The van der Waals surface area contributed by atoms with Crippen LogP contribution < -0.4 is 4.90 Å². The SMILES string of the molecule is Cc1cn2nc(N3CCCC3C(=O)N3CCSCC3)sc2n1. The summed E-state index contributed by atoms with van der Waals surface area (Å²) in [5, 5.41) is 5.54. The molecule has 0 aromatic carbocycles. The molecule has 118 valence electrons. The Morgan fingerprint density at radius 2 is 2.14 bits per heavy atom. The first-order valence-electron chi connectivity index (χ1n) is 7.68. The van der Waals surface area contributed by atoms with Gasteiger partial charge in [-0.15, -0.1) is 5.10 Å². The second kappa shape index (κ2) is 5.73. The van der Waals surface area contributed by atoms with Gasteiger partial charge in [-0.05, 0) is 19.8 Å². The van der Waals surface area contributed by atoms with Crippen molar-refractivity contribution in [3.63, 3.8) is 0 Å². The quantitative estimate of drug-likeness (QED) is 0.834. The Balaban J connectivity index is 1.56. The highest BCUT2D eigenvalue weighted by Crippen LogP contribution is 2.31. The van der Waals surface area contributed by atoms with Crippen LogP contribution in [0.3, 0.4) is 0 Å². The molecule has 2 saturated heterocycles. The molecule has 2 aliphatic heterocycles. The van der Waals surface area contributed by atoms with Crippen LogP contribution in [0.4, 0.5) is 5.13 Å². The number of aromatic nitrogens is 3. The molecule has 1 amide bonds. The van der Waals surface area contributed by atoms with Crippen LogP contribution in [-0.4, -0.2) is 62.6 Å². The fourth-order valence-corrected chi connectivity index (χ4v) is 5.07. The van der Waals surface area contributed by atoms with Crippen molar-refractivity contribution < 1.29 is 4.79 Å². The van der Waals surface area contributed by atoms with Gasteiger partial charge in [-0.2, -0.15) is 11.8 Å². The van der Waals surface area contributed by atoms with Crippen molar-refractivity contribution >= 4 is 39.1 Å². The van der Waals surface area contributed by atoms with Crippen molar-refractivity contribution in [3.8, 4) is 0 Å². The van der Waals surface area contributed by atoms with Crippen molar-refractivity contribution in [1.82, 2.24) is 19.5 Å². The zero-order chi connectivity index (χ0) is 15.1. The van der Waals surface area contributed by atoms with Crippen molar-refractivity contribution in [2.24, 2.45) is 0 Å². The van der Waals surface area contributed by atoms with E-state index in [0.29, 0.717) is 0 Å². The van der Waals surface area contributed by atoms with Crippen LogP contribution >= 0.6 is 23.1 Å². The van der Waals surface area contributed by atoms with Gasteiger partial charge in [0.05, 0.1) is 11.9 Å². The Bertz CT molecular complexity index is 659. The molecule has 1 unspecified atom stereocenters. The zero-order valence-electron chi connectivity index (χ0n) is 12.6. The molecular formula is C14H19N5OS2. The summed E-state index contributed by atoms with van der Waals surface area (Å²) in [6.45, 7) is 4.65. The number of anilines is 1. The number of thioether (sulfide) groups is 1. The maximum atomic E-state index is 12.8. The Labute approximate surface area is 137 Å². The minimum atomic E-state index is -0.0416. The number of imidazole rings is 1. The summed E-state index contributed by atoms with van der Waals surface area (Å²) in [5.74, 6) is 2.40. The number of hydrogen-bond donors (Lipinski definition) is 0. The van der Waals surface area contributed by atoms with Crippen molar-refractivity contribution in [1.29, 1.82) is 0 Å². The van der Waals surface area contributed by atoms with E-state index < -0.39 is 0 Å². The molecule has 0 radical (unpaired) electrons. The molecule has 2 aromatic rings. The lowest BCUT2D eigenvalue weighted by Gasteiger charge is -2.32. The molecule has 4 rings (SSSR count). The molecule has 0 N–H and O–H groups in total. The fourth-order valence-electron chi connectivity index (χ4n) is 3.16. The molecular weight excluding hydrogens is 318 g/mol. The zero-order valence-corrected chi connectivity index (χ0v) is 14.2. The molecule has 2 aromatic heterocycles. The van der Waals surface area contributed by atoms with Crippen molar-refractivity contribution in [3.05, 3.63) is 11.9 Å². The Kier molecular flexibility index (Phi) is 3.73. The number of hydrogen-bond acceptors (Lipinski definition) is 6. The van der Waals surface area contributed by atoms with Gasteiger partial charge >= 0.3 is 0 Å². The van der Waals surface area contributed by atoms with Crippen LogP contribution in [0.5, 0.6) is 0 Å². The summed E-state index contributed by atoms with van der Waals surface area (Å²) < 4.78 is 1.83. The normalized spacial score (nSPS) is 22.7. The summed E-state index contributed by atoms with van der Waals surface area (Å²) in [7, 11) is 0. The highest BCUT2D eigenvalue weighted by Gasteiger charge is 2.36. The van der Waals surface area contributed by atoms with Gasteiger partial charge in [0.2, 0.25) is 16.0 Å². The lowest BCUT2D eigenvalue weighted by Crippen LogP contribution is -2.48. The number of fused-ring (bicyclic) bond motifs is 1. The second-order valence-electron chi connectivity index (χ2n) is 5.78. The predicted octanol–water partition coefficient (Wildman–Crippen LogP) is 1.64. The minimum absolute atomic E-state index is 0.0416. The van der Waals surface area contributed by atoms with E-state index in [0.717, 1.165) is 59.8 Å². The number of nitrogens with zero attached hydrogens (tertiary/aromatic N) is 5. The van der Waals surface area contributed by atoms with Crippen LogP contribution in [-0.2, 0) is 4.79 Å². The topological polar surface area (TPSA) is 53.7 Å². The molecule has 0 bridgehead atoms. The van der Waals surface area contributed by atoms with Gasteiger partial charge in [0, 0.05) is 31.1 Å². The number of aryl methyl sites for hydroxylation is 1. The number of carbonyl (C=O) groups is 1. The minimum Gasteiger partial charge on any atom is -0.339 e. The van der Waals surface area contributed by atoms with Crippen molar-refractivity contribution in [2.75, 3.05) is 36.0 Å². The molecule has 1 atom stereocenters. The van der Waals surface area contributed by atoms with Gasteiger partial charge in [0.25, 0.3) is 0 Å². The van der Waals surface area contributed by atoms with E-state index in [1.54, 1.807) is 11.3 Å². The molecule has 0 spiro atoms. The third-order valence-electron chi connectivity index (χ3n) is 4.26. The lowest BCUT2D eigenvalue weighted by molar-refractivity contribution is -0.132. The Hall–Kier alpha value is -1.28. The molecule has 4 heterocycles. The first-order valence-corrected chi connectivity index (χ1v) is 9.65. The van der Waals surface area contributed by atoms with E-state index in [1.807, 2.05) is 34.3 Å². The summed E-state index contributed by atoms with van der Waals surface area (Å²) in [4.78, 5) is 22.4. The average molecular weight is 337 g/mol. The molecule has 0 aliphatic carbocycles. The monoisotopic (exact) mass is 337 g/mol. The van der Waals surface area contributed by atoms with Crippen LogP contribution in [0.15, 0.2) is 6.20 Å². The summed E-state index contributed by atoms with van der Waals surface area (Å²) in [6, 6.07) is -0.0416. The lowest BCUT2D eigenvalue weighted by atomic mass is 10.2. The second-order valence-corrected chi connectivity index (χ2v) is 7.94. The summed E-state index contributed by atoms with van der Waals surface area (Å²) in [6.07, 6.45) is 3.92. The van der Waals surface area contributed by atoms with E-state index in [9.17, 15) is 4.79 Å². The van der Waals surface area contributed by atoms with E-state index in [2.05, 4.69) is 15.0 Å². The summed E-state index contributed by atoms with van der Waals surface area (Å²) in [5.41, 5.74) is 0.977. The van der Waals surface area contributed by atoms with Gasteiger partial charge in [-0.1, -0.05) is 11.3 Å². The van der Waals surface area contributed by atoms with E-state index >= 15 is 0 Å². The molecule has 8 heteroatoms. The van der Waals surface area contributed by atoms with Crippen molar-refractivity contribution in [2.45, 2.75) is 25.8 Å². The maximum Gasteiger partial charge on any atom is 0.245 e. The molecule has 2 fully saturated rings. The first-order chi connectivity index (χ1) is 10.7. The fraction of sp³-hybridized carbons (Fsp3) is 0.643. The maximum absolute atomic E-state index is 12.8. The van der Waals surface area contributed by atoms with E-state index in [4.69, 9.17) is 0 Å². The Morgan fingerprint density at radius 3 is 2.91 bits per heavy atom. The standard InChI is InChI=1S/C14H19N5OS2/c1-10-9-19-13(15-10)22-14(16-19)18-4-2-3-11(18)12(20)17-5-7-21-8-6-17/h9,11H,2-8H2,1H3. The van der Waals surface area contributed by atoms with Crippen LogP contribution in [0, 0.1) is 6.92 Å². The largest absolute Gasteiger partial charge is 0.339 e. The van der Waals surface area contributed by atoms with E-state index in [-0.39, 0.29) is 11.9 Å². The third kappa shape index (κ3) is 2.48. The number of amides is 1. The summed E-state index contributed by atoms with van der Waals surface area (Å²) >= 11 is 3.51.